The minimum Gasteiger partial charge on any atom is -0.313 e. The number of halogens is 2. The average molecular weight is 315 g/mol. The number of pyridine rings is 1. The zero-order valence-electron chi connectivity index (χ0n) is 9.28. The summed E-state index contributed by atoms with van der Waals surface area (Å²) >= 11 is 5.12. The number of likely N-dealkylation sites (N-methyl/N-ethyl adjacent to an activating group) is 1. The Bertz CT molecular complexity index is 501. The van der Waals surface area contributed by atoms with Gasteiger partial charge in [-0.15, -0.1) is 11.3 Å². The lowest BCUT2D eigenvalue weighted by molar-refractivity contribution is 0.575. The Hall–Kier alpha value is -0.780. The van der Waals surface area contributed by atoms with Gasteiger partial charge in [-0.1, -0.05) is 0 Å². The van der Waals surface area contributed by atoms with E-state index in [2.05, 4.69) is 32.3 Å². The van der Waals surface area contributed by atoms with Crippen LogP contribution in [0.15, 0.2) is 34.4 Å². The van der Waals surface area contributed by atoms with Gasteiger partial charge in [-0.2, -0.15) is 0 Å². The molecule has 0 saturated carbocycles. The molecule has 0 aliphatic carbocycles. The molecular weight excluding hydrogens is 303 g/mol. The van der Waals surface area contributed by atoms with Crippen LogP contribution in [0, 0.1) is 5.82 Å². The monoisotopic (exact) mass is 314 g/mol. The van der Waals surface area contributed by atoms with Crippen LogP contribution in [-0.2, 0) is 6.42 Å². The van der Waals surface area contributed by atoms with E-state index >= 15 is 0 Å². The number of rotatable bonds is 4. The highest BCUT2D eigenvalue weighted by molar-refractivity contribution is 9.10. The van der Waals surface area contributed by atoms with E-state index in [4.69, 9.17) is 0 Å². The van der Waals surface area contributed by atoms with E-state index < -0.39 is 0 Å². The second-order valence-electron chi connectivity index (χ2n) is 3.71. The highest BCUT2D eigenvalue weighted by Crippen LogP contribution is 2.25. The summed E-state index contributed by atoms with van der Waals surface area (Å²) in [7, 11) is 1.87. The molecule has 0 aliphatic heterocycles. The average Bonchev–Trinajstić information content (AvgIpc) is 2.72. The van der Waals surface area contributed by atoms with Crippen LogP contribution in [0.2, 0.25) is 0 Å². The Morgan fingerprint density at radius 1 is 1.47 bits per heavy atom. The summed E-state index contributed by atoms with van der Waals surface area (Å²) in [5, 5.41) is 5.24. The maximum atomic E-state index is 13.1. The molecular formula is C12H12BrFN2S. The van der Waals surface area contributed by atoms with Crippen molar-refractivity contribution in [3.63, 3.8) is 0 Å². The van der Waals surface area contributed by atoms with Gasteiger partial charge in [0.05, 0.1) is 6.20 Å². The maximum Gasteiger partial charge on any atom is 0.141 e. The summed E-state index contributed by atoms with van der Waals surface area (Å²) in [4.78, 5) is 5.13. The lowest BCUT2D eigenvalue weighted by atomic mass is 10.1. The van der Waals surface area contributed by atoms with Crippen molar-refractivity contribution in [1.29, 1.82) is 0 Å². The van der Waals surface area contributed by atoms with E-state index in [0.29, 0.717) is 0 Å². The maximum absolute atomic E-state index is 13.1. The van der Waals surface area contributed by atoms with Crippen molar-refractivity contribution in [3.05, 3.63) is 50.6 Å². The zero-order chi connectivity index (χ0) is 12.3. The second kappa shape index (κ2) is 5.71. The van der Waals surface area contributed by atoms with Crippen molar-refractivity contribution >= 4 is 27.3 Å². The Kier molecular flexibility index (Phi) is 4.25. The molecule has 1 unspecified atom stereocenters. The van der Waals surface area contributed by atoms with Crippen LogP contribution in [0.25, 0.3) is 0 Å². The molecule has 5 heteroatoms. The third-order valence-electron chi connectivity index (χ3n) is 2.50. The minimum absolute atomic E-state index is 0.0868. The number of hydrogen-bond donors (Lipinski definition) is 1. The molecule has 0 fully saturated rings. The highest BCUT2D eigenvalue weighted by atomic mass is 79.9. The lowest BCUT2D eigenvalue weighted by Gasteiger charge is -2.15. The standard InChI is InChI=1S/C12H12BrFN2S/c1-15-12(4-11-3-9(13)7-17-11)8-2-10(14)6-16-5-8/h2-3,5-7,12,15H,4H2,1H3. The van der Waals surface area contributed by atoms with Gasteiger partial charge in [-0.3, -0.25) is 4.98 Å². The third-order valence-corrected chi connectivity index (χ3v) is 4.22. The molecule has 0 radical (unpaired) electrons. The first-order valence-electron chi connectivity index (χ1n) is 5.19. The van der Waals surface area contributed by atoms with Gasteiger partial charge in [0.2, 0.25) is 0 Å². The molecule has 17 heavy (non-hydrogen) atoms. The Balaban J connectivity index is 2.16. The number of hydrogen-bond acceptors (Lipinski definition) is 3. The first kappa shape index (κ1) is 12.7. The molecule has 90 valence electrons. The molecule has 0 spiro atoms. The Morgan fingerprint density at radius 2 is 2.29 bits per heavy atom. The molecule has 1 atom stereocenters. The fourth-order valence-corrected chi connectivity index (χ4v) is 3.17. The summed E-state index contributed by atoms with van der Waals surface area (Å²) in [6.45, 7) is 0. The molecule has 2 heterocycles. The van der Waals surface area contributed by atoms with Gasteiger partial charge in [0.15, 0.2) is 0 Å². The predicted octanol–water partition coefficient (Wildman–Crippen LogP) is 3.55. The van der Waals surface area contributed by atoms with Crippen LogP contribution >= 0.6 is 27.3 Å². The number of aromatic nitrogens is 1. The molecule has 2 aromatic rings. The summed E-state index contributed by atoms with van der Waals surface area (Å²) in [6.07, 6.45) is 3.75. The second-order valence-corrected chi connectivity index (χ2v) is 5.62. The lowest BCUT2D eigenvalue weighted by Crippen LogP contribution is -2.18. The summed E-state index contributed by atoms with van der Waals surface area (Å²) in [5.74, 6) is -0.296. The Labute approximate surface area is 112 Å². The van der Waals surface area contributed by atoms with E-state index in [9.17, 15) is 4.39 Å². The zero-order valence-corrected chi connectivity index (χ0v) is 11.7. The summed E-state index contributed by atoms with van der Waals surface area (Å²) in [5.41, 5.74) is 0.872. The van der Waals surface area contributed by atoms with Crippen LogP contribution < -0.4 is 5.32 Å². The molecule has 0 saturated heterocycles. The van der Waals surface area contributed by atoms with Gasteiger partial charge in [-0.25, -0.2) is 4.39 Å². The molecule has 0 amide bonds. The highest BCUT2D eigenvalue weighted by Gasteiger charge is 2.12. The van der Waals surface area contributed by atoms with Crippen molar-refractivity contribution < 1.29 is 4.39 Å². The van der Waals surface area contributed by atoms with Crippen molar-refractivity contribution in [3.8, 4) is 0 Å². The molecule has 2 nitrogen and oxygen atoms in total. The van der Waals surface area contributed by atoms with E-state index in [-0.39, 0.29) is 11.9 Å². The van der Waals surface area contributed by atoms with Gasteiger partial charge >= 0.3 is 0 Å². The fraction of sp³-hybridized carbons (Fsp3) is 0.250. The quantitative estimate of drug-likeness (QED) is 0.933. The number of nitrogens with zero attached hydrogens (tertiary/aromatic N) is 1. The van der Waals surface area contributed by atoms with Crippen LogP contribution in [0.4, 0.5) is 4.39 Å². The molecule has 0 aromatic carbocycles. The van der Waals surface area contributed by atoms with Gasteiger partial charge in [0.25, 0.3) is 0 Å². The molecule has 0 aliphatic rings. The normalized spacial score (nSPS) is 12.6. The molecule has 2 aromatic heterocycles. The third kappa shape index (κ3) is 3.34. The van der Waals surface area contributed by atoms with Crippen molar-refractivity contribution in [2.45, 2.75) is 12.5 Å². The van der Waals surface area contributed by atoms with Crippen LogP contribution in [0.1, 0.15) is 16.5 Å². The number of nitrogens with one attached hydrogen (secondary N) is 1. The van der Waals surface area contributed by atoms with Crippen LogP contribution in [0.5, 0.6) is 0 Å². The van der Waals surface area contributed by atoms with E-state index in [1.54, 1.807) is 17.5 Å². The van der Waals surface area contributed by atoms with Crippen LogP contribution in [0.3, 0.4) is 0 Å². The summed E-state index contributed by atoms with van der Waals surface area (Å²) in [6, 6.07) is 3.70. The van der Waals surface area contributed by atoms with E-state index in [1.165, 1.54) is 17.1 Å². The topological polar surface area (TPSA) is 24.9 Å². The Morgan fingerprint density at radius 3 is 2.88 bits per heavy atom. The van der Waals surface area contributed by atoms with Crippen molar-refractivity contribution in [2.24, 2.45) is 0 Å². The minimum atomic E-state index is -0.296. The first-order chi connectivity index (χ1) is 8.19. The smallest absolute Gasteiger partial charge is 0.141 e. The van der Waals surface area contributed by atoms with Crippen molar-refractivity contribution in [1.82, 2.24) is 10.3 Å². The first-order valence-corrected chi connectivity index (χ1v) is 6.87. The van der Waals surface area contributed by atoms with E-state index in [0.717, 1.165) is 16.5 Å². The van der Waals surface area contributed by atoms with E-state index in [1.807, 2.05) is 12.4 Å². The van der Waals surface area contributed by atoms with Gasteiger partial charge in [-0.05, 0) is 40.7 Å². The largest absolute Gasteiger partial charge is 0.313 e. The van der Waals surface area contributed by atoms with Gasteiger partial charge in [0, 0.05) is 33.4 Å². The molecule has 1 N–H and O–H groups in total. The molecule has 0 bridgehead atoms. The van der Waals surface area contributed by atoms with Gasteiger partial charge in [0.1, 0.15) is 5.82 Å². The fourth-order valence-electron chi connectivity index (χ4n) is 1.67. The molecule has 2 rings (SSSR count). The SMILES string of the molecule is CNC(Cc1cc(Br)cs1)c1cncc(F)c1. The van der Waals surface area contributed by atoms with Crippen molar-refractivity contribution in [2.75, 3.05) is 7.05 Å². The van der Waals surface area contributed by atoms with Crippen LogP contribution in [-0.4, -0.2) is 12.0 Å². The van der Waals surface area contributed by atoms with Gasteiger partial charge < -0.3 is 5.32 Å². The summed E-state index contributed by atoms with van der Waals surface area (Å²) < 4.78 is 14.2. The number of thiophene rings is 1. The predicted molar refractivity (Wildman–Crippen MR) is 71.7 cm³/mol.